The van der Waals surface area contributed by atoms with Crippen LogP contribution in [-0.4, -0.2) is 34.3 Å². The first-order chi connectivity index (χ1) is 8.84. The van der Waals surface area contributed by atoms with Gasteiger partial charge in [0.15, 0.2) is 5.60 Å². The number of alkyl halides is 6. The molecule has 1 amide bonds. The number of hydrogen-bond acceptors (Lipinski definition) is 2. The second-order valence-electron chi connectivity index (χ2n) is 4.25. The molecule has 0 unspecified atom stereocenters. The quantitative estimate of drug-likeness (QED) is 0.749. The Labute approximate surface area is 108 Å². The van der Waals surface area contributed by atoms with Gasteiger partial charge >= 0.3 is 12.4 Å². The van der Waals surface area contributed by atoms with Gasteiger partial charge in [0.2, 0.25) is 0 Å². The van der Waals surface area contributed by atoms with Crippen molar-refractivity contribution in [2.45, 2.75) is 24.9 Å². The van der Waals surface area contributed by atoms with E-state index in [0.29, 0.717) is 19.2 Å². The number of nitrogens with one attached hydrogen (secondary N) is 2. The number of aromatic amines is 1. The molecule has 0 radical (unpaired) electrons. The number of carbonyl (C=O) groups is 1. The third kappa shape index (κ3) is 3.65. The van der Waals surface area contributed by atoms with Crippen molar-refractivity contribution in [2.24, 2.45) is 0 Å². The fourth-order valence-electron chi connectivity index (χ4n) is 1.14. The Balaban J connectivity index is 2.72. The van der Waals surface area contributed by atoms with E-state index in [2.05, 4.69) is 0 Å². The molecule has 1 atom stereocenters. The van der Waals surface area contributed by atoms with Gasteiger partial charge in [0.25, 0.3) is 5.91 Å². The summed E-state index contributed by atoms with van der Waals surface area (Å²) in [7, 11) is 0. The summed E-state index contributed by atoms with van der Waals surface area (Å²) in [6.45, 7) is -0.743. The Morgan fingerprint density at radius 3 is 2.25 bits per heavy atom. The Hall–Kier alpha value is -1.71. The standard InChI is InChI=1S/C10H10F6N2O2/c1-8(20,10(14,15)16)4-18-7(19)5-2-6(17-3-5)9(11,12)13/h2-3,17,20H,4H2,1H3,(H,18,19)/t8-/m0/s1. The first-order valence-electron chi connectivity index (χ1n) is 5.17. The summed E-state index contributed by atoms with van der Waals surface area (Å²) < 4.78 is 73.6. The monoisotopic (exact) mass is 304 g/mol. The lowest BCUT2D eigenvalue weighted by atomic mass is 10.1. The van der Waals surface area contributed by atoms with Gasteiger partial charge in [0, 0.05) is 6.20 Å². The van der Waals surface area contributed by atoms with E-state index in [1.807, 2.05) is 0 Å². The van der Waals surface area contributed by atoms with E-state index in [1.165, 1.54) is 0 Å². The molecule has 0 saturated heterocycles. The van der Waals surface area contributed by atoms with Crippen molar-refractivity contribution in [3.8, 4) is 0 Å². The summed E-state index contributed by atoms with van der Waals surface area (Å²) in [6, 6.07) is 0.456. The average Bonchev–Trinajstić information content (AvgIpc) is 2.73. The van der Waals surface area contributed by atoms with Gasteiger partial charge in [-0.05, 0) is 13.0 Å². The number of hydrogen-bond donors (Lipinski definition) is 3. The first-order valence-corrected chi connectivity index (χ1v) is 5.17. The maximum absolute atomic E-state index is 12.3. The highest BCUT2D eigenvalue weighted by atomic mass is 19.4. The van der Waals surface area contributed by atoms with Crippen molar-refractivity contribution < 1.29 is 36.2 Å². The second kappa shape index (κ2) is 5.00. The van der Waals surface area contributed by atoms with Gasteiger partial charge in [0.1, 0.15) is 5.69 Å². The molecule has 0 aliphatic carbocycles. The van der Waals surface area contributed by atoms with Crippen LogP contribution in [0.5, 0.6) is 0 Å². The van der Waals surface area contributed by atoms with Crippen LogP contribution in [0.15, 0.2) is 12.3 Å². The summed E-state index contributed by atoms with van der Waals surface area (Å²) in [5, 5.41) is 10.8. The van der Waals surface area contributed by atoms with Crippen molar-refractivity contribution in [1.29, 1.82) is 0 Å². The molecule has 0 aliphatic rings. The van der Waals surface area contributed by atoms with Crippen LogP contribution in [0.3, 0.4) is 0 Å². The molecular formula is C10H10F6N2O2. The molecule has 0 saturated carbocycles. The Bertz CT molecular complexity index is 489. The van der Waals surface area contributed by atoms with Crippen LogP contribution in [-0.2, 0) is 6.18 Å². The first kappa shape index (κ1) is 16.3. The normalized spacial score (nSPS) is 15.8. The lowest BCUT2D eigenvalue weighted by Crippen LogP contribution is -2.51. The van der Waals surface area contributed by atoms with Crippen molar-refractivity contribution >= 4 is 5.91 Å². The Morgan fingerprint density at radius 2 is 1.85 bits per heavy atom. The molecule has 0 fully saturated rings. The molecule has 4 nitrogen and oxygen atoms in total. The minimum atomic E-state index is -4.98. The molecule has 114 valence electrons. The number of rotatable bonds is 3. The van der Waals surface area contributed by atoms with E-state index in [9.17, 15) is 31.1 Å². The van der Waals surface area contributed by atoms with E-state index in [-0.39, 0.29) is 0 Å². The van der Waals surface area contributed by atoms with Crippen LogP contribution < -0.4 is 5.32 Å². The Kier molecular flexibility index (Phi) is 4.09. The van der Waals surface area contributed by atoms with Crippen molar-refractivity contribution in [2.75, 3.05) is 6.54 Å². The summed E-state index contributed by atoms with van der Waals surface area (Å²) in [6.07, 6.45) is -8.97. The predicted molar refractivity (Wildman–Crippen MR) is 54.8 cm³/mol. The van der Waals surface area contributed by atoms with Crippen LogP contribution in [0, 0.1) is 0 Å². The number of H-pyrrole nitrogens is 1. The molecule has 0 aromatic carbocycles. The minimum absolute atomic E-state index is 0.436. The van der Waals surface area contributed by atoms with Gasteiger partial charge in [-0.1, -0.05) is 0 Å². The molecule has 3 N–H and O–H groups in total. The zero-order valence-electron chi connectivity index (χ0n) is 9.99. The average molecular weight is 304 g/mol. The second-order valence-corrected chi connectivity index (χ2v) is 4.25. The van der Waals surface area contributed by atoms with Crippen molar-refractivity contribution in [3.05, 3.63) is 23.5 Å². The molecule has 0 aliphatic heterocycles. The fraction of sp³-hybridized carbons (Fsp3) is 0.500. The van der Waals surface area contributed by atoms with Crippen molar-refractivity contribution in [3.63, 3.8) is 0 Å². The number of aliphatic hydroxyl groups is 1. The maximum Gasteiger partial charge on any atom is 0.431 e. The third-order valence-electron chi connectivity index (χ3n) is 2.45. The van der Waals surface area contributed by atoms with Gasteiger partial charge in [-0.3, -0.25) is 4.79 Å². The molecule has 1 aromatic rings. The molecular weight excluding hydrogens is 294 g/mol. The van der Waals surface area contributed by atoms with Gasteiger partial charge in [-0.15, -0.1) is 0 Å². The van der Waals surface area contributed by atoms with Crippen LogP contribution in [0.25, 0.3) is 0 Å². The number of halogens is 6. The maximum atomic E-state index is 12.3. The lowest BCUT2D eigenvalue weighted by Gasteiger charge is -2.26. The molecule has 1 rings (SSSR count). The number of amides is 1. The molecule has 1 heterocycles. The summed E-state index contributed by atoms with van der Waals surface area (Å²) >= 11 is 0. The van der Waals surface area contributed by atoms with Gasteiger partial charge in [-0.2, -0.15) is 26.3 Å². The molecule has 1 aromatic heterocycles. The van der Waals surface area contributed by atoms with Crippen LogP contribution in [0.2, 0.25) is 0 Å². The van der Waals surface area contributed by atoms with E-state index in [1.54, 1.807) is 10.3 Å². The molecule has 0 spiro atoms. The highest BCUT2D eigenvalue weighted by molar-refractivity contribution is 5.94. The SMILES string of the molecule is C[C@](O)(CNC(=O)c1c[nH]c(C(F)(F)F)c1)C(F)(F)F. The summed E-state index contributed by atoms with van der Waals surface area (Å²) in [4.78, 5) is 13.2. The molecule has 10 heteroatoms. The topological polar surface area (TPSA) is 65.1 Å². The van der Waals surface area contributed by atoms with Gasteiger partial charge in [-0.25, -0.2) is 0 Å². The van der Waals surface area contributed by atoms with Crippen LogP contribution in [0.4, 0.5) is 26.3 Å². The lowest BCUT2D eigenvalue weighted by molar-refractivity contribution is -0.249. The fourth-order valence-corrected chi connectivity index (χ4v) is 1.14. The molecule has 0 bridgehead atoms. The zero-order valence-corrected chi connectivity index (χ0v) is 9.99. The van der Waals surface area contributed by atoms with E-state index in [4.69, 9.17) is 5.11 Å². The zero-order chi connectivity index (χ0) is 15.8. The van der Waals surface area contributed by atoms with Gasteiger partial charge in [0.05, 0.1) is 12.1 Å². The van der Waals surface area contributed by atoms with E-state index in [0.717, 1.165) is 0 Å². The highest BCUT2D eigenvalue weighted by Gasteiger charge is 2.50. The van der Waals surface area contributed by atoms with Gasteiger partial charge < -0.3 is 15.4 Å². The molecule has 20 heavy (non-hydrogen) atoms. The van der Waals surface area contributed by atoms with Crippen LogP contribution in [0.1, 0.15) is 23.0 Å². The minimum Gasteiger partial charge on any atom is -0.379 e. The smallest absolute Gasteiger partial charge is 0.379 e. The van der Waals surface area contributed by atoms with E-state index < -0.39 is 41.7 Å². The van der Waals surface area contributed by atoms with E-state index >= 15 is 0 Å². The van der Waals surface area contributed by atoms with Crippen molar-refractivity contribution in [1.82, 2.24) is 10.3 Å². The third-order valence-corrected chi connectivity index (χ3v) is 2.45. The Morgan fingerprint density at radius 1 is 1.30 bits per heavy atom. The number of carbonyl (C=O) groups excluding carboxylic acids is 1. The predicted octanol–water partition coefficient (Wildman–Crippen LogP) is 2.08. The largest absolute Gasteiger partial charge is 0.431 e. The summed E-state index contributed by atoms with van der Waals surface area (Å²) in [5.74, 6) is -1.17. The highest BCUT2D eigenvalue weighted by Crippen LogP contribution is 2.30. The summed E-state index contributed by atoms with van der Waals surface area (Å²) in [5.41, 5.74) is -4.87. The van der Waals surface area contributed by atoms with Crippen LogP contribution >= 0.6 is 0 Å². The number of aromatic nitrogens is 1.